The lowest BCUT2D eigenvalue weighted by Crippen LogP contribution is -2.43. The molecular weight excluding hydrogens is 560 g/mol. The first-order chi connectivity index (χ1) is 20.1. The van der Waals surface area contributed by atoms with Crippen LogP contribution in [0.25, 0.3) is 11.3 Å². The van der Waals surface area contributed by atoms with E-state index < -0.39 is 23.4 Å². The molecule has 3 amide bonds. The molecule has 9 nitrogen and oxygen atoms in total. The number of carbonyl (C=O) groups is 2. The SMILES string of the molecule is Cc1ccc(C(=O)Nc2ccc(S)cc2)cc1-c1nc(NCCN(C)C)nc2c1CNC(=O)N2c1c(F)cccc1F. The van der Waals surface area contributed by atoms with Crippen molar-refractivity contribution in [1.29, 1.82) is 0 Å². The minimum Gasteiger partial charge on any atom is -0.353 e. The van der Waals surface area contributed by atoms with Gasteiger partial charge in [-0.3, -0.25) is 4.79 Å². The molecule has 0 radical (unpaired) electrons. The van der Waals surface area contributed by atoms with Crippen molar-refractivity contribution in [2.45, 2.75) is 18.4 Å². The van der Waals surface area contributed by atoms with Gasteiger partial charge < -0.3 is 20.9 Å². The number of benzene rings is 3. The van der Waals surface area contributed by atoms with Crippen molar-refractivity contribution in [2.75, 3.05) is 42.7 Å². The van der Waals surface area contributed by atoms with Gasteiger partial charge in [0, 0.05) is 40.4 Å². The highest BCUT2D eigenvalue weighted by molar-refractivity contribution is 7.80. The molecule has 0 atom stereocenters. The number of aryl methyl sites for hydroxylation is 1. The van der Waals surface area contributed by atoms with Gasteiger partial charge in [-0.05, 0) is 75.1 Å². The van der Waals surface area contributed by atoms with Gasteiger partial charge in [0.05, 0.1) is 12.2 Å². The Hall–Kier alpha value is -4.55. The van der Waals surface area contributed by atoms with Gasteiger partial charge in [0.25, 0.3) is 5.91 Å². The Labute approximate surface area is 247 Å². The number of aromatic nitrogens is 2. The number of anilines is 4. The number of rotatable bonds is 8. The van der Waals surface area contributed by atoms with Crippen molar-refractivity contribution in [1.82, 2.24) is 20.2 Å². The predicted octanol–water partition coefficient (Wildman–Crippen LogP) is 5.61. The largest absolute Gasteiger partial charge is 0.353 e. The normalized spacial score (nSPS) is 12.6. The zero-order chi connectivity index (χ0) is 30.0. The van der Waals surface area contributed by atoms with Gasteiger partial charge in [-0.15, -0.1) is 12.6 Å². The van der Waals surface area contributed by atoms with Crippen molar-refractivity contribution in [3.8, 4) is 11.3 Å². The summed E-state index contributed by atoms with van der Waals surface area (Å²) < 4.78 is 29.9. The number of halogens is 2. The summed E-state index contributed by atoms with van der Waals surface area (Å²) in [6, 6.07) is 14.9. The number of hydrogen-bond donors (Lipinski definition) is 4. The van der Waals surface area contributed by atoms with Crippen LogP contribution in [0.15, 0.2) is 65.6 Å². The van der Waals surface area contributed by atoms with Crippen molar-refractivity contribution in [2.24, 2.45) is 0 Å². The maximum Gasteiger partial charge on any atom is 0.328 e. The third-order valence-corrected chi connectivity index (χ3v) is 7.00. The summed E-state index contributed by atoms with van der Waals surface area (Å²) in [5, 5.41) is 8.71. The highest BCUT2D eigenvalue weighted by atomic mass is 32.1. The molecule has 42 heavy (non-hydrogen) atoms. The third-order valence-electron chi connectivity index (χ3n) is 6.70. The van der Waals surface area contributed by atoms with E-state index in [4.69, 9.17) is 4.98 Å². The number of thiol groups is 1. The van der Waals surface area contributed by atoms with E-state index in [0.717, 1.165) is 27.5 Å². The van der Waals surface area contributed by atoms with E-state index in [9.17, 15) is 18.4 Å². The average Bonchev–Trinajstić information content (AvgIpc) is 2.95. The van der Waals surface area contributed by atoms with E-state index >= 15 is 0 Å². The van der Waals surface area contributed by atoms with E-state index in [1.54, 1.807) is 42.5 Å². The summed E-state index contributed by atoms with van der Waals surface area (Å²) in [6.07, 6.45) is 0. The molecule has 3 N–H and O–H groups in total. The molecule has 0 unspecified atom stereocenters. The van der Waals surface area contributed by atoms with Gasteiger partial charge in [0.15, 0.2) is 5.82 Å². The summed E-state index contributed by atoms with van der Waals surface area (Å²) in [4.78, 5) is 39.2. The molecule has 1 aliphatic heterocycles. The highest BCUT2D eigenvalue weighted by Gasteiger charge is 2.34. The summed E-state index contributed by atoms with van der Waals surface area (Å²) in [7, 11) is 3.83. The average molecular weight is 590 g/mol. The Morgan fingerprint density at radius 2 is 1.79 bits per heavy atom. The van der Waals surface area contributed by atoms with Crippen LogP contribution in [0.2, 0.25) is 0 Å². The van der Waals surface area contributed by atoms with Gasteiger partial charge in [-0.2, -0.15) is 4.98 Å². The molecule has 1 aliphatic rings. The quantitative estimate of drug-likeness (QED) is 0.200. The first-order valence-electron chi connectivity index (χ1n) is 13.1. The minimum atomic E-state index is -0.916. The fourth-order valence-electron chi connectivity index (χ4n) is 4.53. The molecule has 4 aromatic rings. The zero-order valence-corrected chi connectivity index (χ0v) is 24.1. The number of urea groups is 1. The summed E-state index contributed by atoms with van der Waals surface area (Å²) in [6.45, 7) is 3.01. The van der Waals surface area contributed by atoms with Crippen molar-refractivity contribution < 1.29 is 18.4 Å². The number of para-hydroxylation sites is 1. The van der Waals surface area contributed by atoms with Crippen LogP contribution in [-0.2, 0) is 6.54 Å². The topological polar surface area (TPSA) is 102 Å². The monoisotopic (exact) mass is 589 g/mol. The van der Waals surface area contributed by atoms with Crippen LogP contribution in [0.4, 0.5) is 36.7 Å². The molecule has 0 saturated carbocycles. The van der Waals surface area contributed by atoms with E-state index in [0.29, 0.717) is 41.2 Å². The second kappa shape index (κ2) is 12.1. The number of fused-ring (bicyclic) bond motifs is 1. The first kappa shape index (κ1) is 29.0. The van der Waals surface area contributed by atoms with Gasteiger partial charge in [-0.1, -0.05) is 12.1 Å². The number of carbonyl (C=O) groups excluding carboxylic acids is 2. The summed E-state index contributed by atoms with van der Waals surface area (Å²) in [5.41, 5.74) is 2.70. The fourth-order valence-corrected chi connectivity index (χ4v) is 4.68. The van der Waals surface area contributed by atoms with Crippen LogP contribution in [0.3, 0.4) is 0 Å². The highest BCUT2D eigenvalue weighted by Crippen LogP contribution is 2.39. The number of likely N-dealkylation sites (N-methyl/N-ethyl adjacent to an activating group) is 1. The molecule has 2 heterocycles. The molecule has 0 spiro atoms. The second-order valence-electron chi connectivity index (χ2n) is 10.0. The van der Waals surface area contributed by atoms with Crippen molar-refractivity contribution in [3.05, 3.63) is 89.0 Å². The number of nitrogens with one attached hydrogen (secondary N) is 3. The molecular formula is C30H29F2N7O2S. The maximum absolute atomic E-state index is 14.9. The van der Waals surface area contributed by atoms with E-state index in [2.05, 4.69) is 33.6 Å². The second-order valence-corrected chi connectivity index (χ2v) is 10.5. The Balaban J connectivity index is 1.63. The number of amides is 3. The van der Waals surface area contributed by atoms with E-state index in [1.807, 2.05) is 25.9 Å². The number of hydrogen-bond acceptors (Lipinski definition) is 7. The number of nitrogens with zero attached hydrogens (tertiary/aromatic N) is 4. The van der Waals surface area contributed by atoms with Gasteiger partial charge in [0.1, 0.15) is 17.3 Å². The smallest absolute Gasteiger partial charge is 0.328 e. The van der Waals surface area contributed by atoms with Crippen LogP contribution in [0.5, 0.6) is 0 Å². The first-order valence-corrected chi connectivity index (χ1v) is 13.6. The van der Waals surface area contributed by atoms with Crippen LogP contribution in [0.1, 0.15) is 21.5 Å². The van der Waals surface area contributed by atoms with Crippen molar-refractivity contribution in [3.63, 3.8) is 0 Å². The summed E-state index contributed by atoms with van der Waals surface area (Å²) >= 11 is 4.28. The summed E-state index contributed by atoms with van der Waals surface area (Å²) in [5.74, 6) is -1.95. The van der Waals surface area contributed by atoms with E-state index in [1.165, 1.54) is 6.07 Å². The Morgan fingerprint density at radius 1 is 1.07 bits per heavy atom. The molecule has 216 valence electrons. The van der Waals surface area contributed by atoms with Gasteiger partial charge in [-0.25, -0.2) is 23.5 Å². The van der Waals surface area contributed by atoms with Gasteiger partial charge in [0.2, 0.25) is 5.95 Å². The Morgan fingerprint density at radius 3 is 2.48 bits per heavy atom. The lowest BCUT2D eigenvalue weighted by Gasteiger charge is -2.31. The Kier molecular flexibility index (Phi) is 8.36. The maximum atomic E-state index is 14.9. The van der Waals surface area contributed by atoms with Crippen LogP contribution in [-0.4, -0.2) is 54.0 Å². The molecule has 0 aliphatic carbocycles. The lowest BCUT2D eigenvalue weighted by molar-refractivity contribution is 0.102. The fraction of sp³-hybridized carbons (Fsp3) is 0.200. The minimum absolute atomic E-state index is 0.0139. The van der Waals surface area contributed by atoms with Crippen LogP contribution in [0, 0.1) is 18.6 Å². The zero-order valence-electron chi connectivity index (χ0n) is 23.2. The van der Waals surface area contributed by atoms with Gasteiger partial charge >= 0.3 is 6.03 Å². The Bertz CT molecular complexity index is 1640. The molecule has 3 aromatic carbocycles. The van der Waals surface area contributed by atoms with Crippen LogP contribution < -0.4 is 20.9 Å². The third kappa shape index (κ3) is 6.04. The molecule has 12 heteroatoms. The molecule has 0 saturated heterocycles. The van der Waals surface area contributed by atoms with Crippen LogP contribution >= 0.6 is 12.6 Å². The lowest BCUT2D eigenvalue weighted by atomic mass is 9.97. The van der Waals surface area contributed by atoms with E-state index in [-0.39, 0.29) is 24.2 Å². The van der Waals surface area contributed by atoms with Crippen molar-refractivity contribution >= 4 is 47.7 Å². The molecule has 1 aromatic heterocycles. The predicted molar refractivity (Wildman–Crippen MR) is 162 cm³/mol. The molecule has 5 rings (SSSR count). The molecule has 0 bridgehead atoms. The molecule has 0 fully saturated rings. The standard InChI is InChI=1S/C30H29F2N7O2S/c1-17-7-8-18(28(40)35-19-9-11-20(42)12-10-19)15-21(17)25-22-16-34-30(41)39(26-23(31)5-4-6-24(26)32)27(22)37-29(36-25)33-13-14-38(2)3/h4-12,15,42H,13-14,16H2,1-3H3,(H,34,41)(H,35,40)(H,33,36,37).